The quantitative estimate of drug-likeness (QED) is 0.780. The van der Waals surface area contributed by atoms with Crippen LogP contribution >= 0.6 is 18.5 Å². The SMILES string of the molecule is PCc1cccc(-c2cccc(CP)n2)n1. The minimum atomic E-state index is 0.872. The molecule has 82 valence electrons. The minimum Gasteiger partial charge on any atom is -0.251 e. The first kappa shape index (κ1) is 11.6. The lowest BCUT2D eigenvalue weighted by atomic mass is 10.2. The van der Waals surface area contributed by atoms with Crippen LogP contribution in [0.1, 0.15) is 11.4 Å². The van der Waals surface area contributed by atoms with Crippen LogP contribution in [-0.4, -0.2) is 9.97 Å². The lowest BCUT2D eigenvalue weighted by Crippen LogP contribution is -1.93. The lowest BCUT2D eigenvalue weighted by molar-refractivity contribution is 1.13. The molecule has 0 aromatic carbocycles. The molecule has 2 aromatic rings. The highest BCUT2D eigenvalue weighted by Gasteiger charge is 2.02. The van der Waals surface area contributed by atoms with Crippen molar-refractivity contribution in [3.05, 3.63) is 47.8 Å². The molecule has 0 amide bonds. The summed E-state index contributed by atoms with van der Waals surface area (Å²) in [5, 5.41) is 0. The maximum Gasteiger partial charge on any atom is 0.0889 e. The molecule has 2 heterocycles. The zero-order valence-electron chi connectivity index (χ0n) is 8.93. The summed E-state index contributed by atoms with van der Waals surface area (Å²) in [6.07, 6.45) is 1.74. The van der Waals surface area contributed by atoms with E-state index in [1.807, 2.05) is 36.4 Å². The molecule has 2 nitrogen and oxygen atoms in total. The maximum absolute atomic E-state index is 4.55. The van der Waals surface area contributed by atoms with Gasteiger partial charge in [-0.25, -0.2) is 0 Å². The minimum absolute atomic E-state index is 0.872. The summed E-state index contributed by atoms with van der Waals surface area (Å²) in [5.74, 6) is 0. The van der Waals surface area contributed by atoms with E-state index in [0.29, 0.717) is 0 Å². The molecule has 4 heteroatoms. The van der Waals surface area contributed by atoms with E-state index in [1.165, 1.54) is 0 Å². The van der Waals surface area contributed by atoms with E-state index in [-0.39, 0.29) is 0 Å². The molecule has 2 aromatic heterocycles. The summed E-state index contributed by atoms with van der Waals surface area (Å²) in [6, 6.07) is 12.1. The van der Waals surface area contributed by atoms with Gasteiger partial charge in [-0.15, -0.1) is 18.5 Å². The third-order valence-electron chi connectivity index (χ3n) is 2.29. The molecule has 0 spiro atoms. The predicted octanol–water partition coefficient (Wildman–Crippen LogP) is 2.89. The van der Waals surface area contributed by atoms with E-state index < -0.39 is 0 Å². The number of hydrogen-bond donors (Lipinski definition) is 0. The normalized spacial score (nSPS) is 10.4. The van der Waals surface area contributed by atoms with Gasteiger partial charge in [-0.1, -0.05) is 12.1 Å². The fourth-order valence-electron chi connectivity index (χ4n) is 1.47. The van der Waals surface area contributed by atoms with Gasteiger partial charge in [0.25, 0.3) is 0 Å². The second kappa shape index (κ2) is 5.48. The van der Waals surface area contributed by atoms with Crippen LogP contribution in [0.5, 0.6) is 0 Å². The van der Waals surface area contributed by atoms with Gasteiger partial charge in [-0.2, -0.15) is 0 Å². The summed E-state index contributed by atoms with van der Waals surface area (Å²) in [5.41, 5.74) is 4.03. The number of nitrogens with zero attached hydrogens (tertiary/aromatic N) is 2. The molecule has 2 unspecified atom stereocenters. The van der Waals surface area contributed by atoms with Crippen molar-refractivity contribution in [2.75, 3.05) is 0 Å². The molecule has 0 radical (unpaired) electrons. The summed E-state index contributed by atoms with van der Waals surface area (Å²) in [4.78, 5) is 9.09. The smallest absolute Gasteiger partial charge is 0.0889 e. The van der Waals surface area contributed by atoms with Gasteiger partial charge in [-0.05, 0) is 24.3 Å². The largest absolute Gasteiger partial charge is 0.251 e. The van der Waals surface area contributed by atoms with Gasteiger partial charge in [0.05, 0.1) is 11.4 Å². The van der Waals surface area contributed by atoms with Gasteiger partial charge in [0.15, 0.2) is 0 Å². The van der Waals surface area contributed by atoms with Crippen LogP contribution in [0.3, 0.4) is 0 Å². The Labute approximate surface area is 100 Å². The summed E-state index contributed by atoms with van der Waals surface area (Å²) >= 11 is 0. The third kappa shape index (κ3) is 2.64. The Hall–Kier alpha value is -0.840. The fraction of sp³-hybridized carbons (Fsp3) is 0.167. The Bertz CT molecular complexity index is 440. The summed E-state index contributed by atoms with van der Waals surface area (Å²) < 4.78 is 0. The van der Waals surface area contributed by atoms with Gasteiger partial charge >= 0.3 is 0 Å². The van der Waals surface area contributed by atoms with E-state index in [2.05, 4.69) is 28.4 Å². The molecule has 0 aliphatic heterocycles. The van der Waals surface area contributed by atoms with Gasteiger partial charge in [0.2, 0.25) is 0 Å². The van der Waals surface area contributed by atoms with E-state index >= 15 is 0 Å². The zero-order chi connectivity index (χ0) is 11.4. The Morgan fingerprint density at radius 1 is 0.750 bits per heavy atom. The zero-order valence-corrected chi connectivity index (χ0v) is 11.2. The second-order valence-electron chi connectivity index (χ2n) is 3.44. The van der Waals surface area contributed by atoms with E-state index in [1.54, 1.807) is 0 Å². The highest BCUT2D eigenvalue weighted by molar-refractivity contribution is 7.15. The standard InChI is InChI=1S/C12H14N2P2/c15-7-9-3-1-5-11(13-9)12-6-2-4-10(8-16)14-12/h1-6H,7-8,15-16H2. The Morgan fingerprint density at radius 2 is 1.19 bits per heavy atom. The fourth-order valence-corrected chi connectivity index (χ4v) is 1.93. The predicted molar refractivity (Wildman–Crippen MR) is 74.3 cm³/mol. The van der Waals surface area contributed by atoms with Crippen LogP contribution in [0.2, 0.25) is 0 Å². The first-order chi connectivity index (χ1) is 7.83. The molecule has 0 saturated carbocycles. The Morgan fingerprint density at radius 3 is 1.56 bits per heavy atom. The molecule has 0 fully saturated rings. The van der Waals surface area contributed by atoms with Crippen molar-refractivity contribution in [1.82, 2.24) is 9.97 Å². The van der Waals surface area contributed by atoms with E-state index in [0.717, 1.165) is 35.1 Å². The van der Waals surface area contributed by atoms with Crippen LogP contribution < -0.4 is 0 Å². The Kier molecular flexibility index (Phi) is 3.98. The monoisotopic (exact) mass is 248 g/mol. The average molecular weight is 248 g/mol. The van der Waals surface area contributed by atoms with Crippen LogP contribution in [0, 0.1) is 0 Å². The average Bonchev–Trinajstić information content (AvgIpc) is 2.39. The maximum atomic E-state index is 4.55. The van der Waals surface area contributed by atoms with Crippen molar-refractivity contribution in [3.8, 4) is 11.4 Å². The highest BCUT2D eigenvalue weighted by Crippen LogP contribution is 2.17. The van der Waals surface area contributed by atoms with Crippen LogP contribution in [0.4, 0.5) is 0 Å². The van der Waals surface area contributed by atoms with Crippen molar-refractivity contribution < 1.29 is 0 Å². The molecule has 0 aliphatic rings. The van der Waals surface area contributed by atoms with Crippen molar-refractivity contribution in [2.45, 2.75) is 12.3 Å². The molecular formula is C12H14N2P2. The van der Waals surface area contributed by atoms with Gasteiger partial charge in [0, 0.05) is 23.7 Å². The van der Waals surface area contributed by atoms with Crippen LogP contribution in [0.25, 0.3) is 11.4 Å². The molecule has 2 atom stereocenters. The van der Waals surface area contributed by atoms with Gasteiger partial charge < -0.3 is 0 Å². The number of pyridine rings is 2. The molecule has 2 rings (SSSR count). The highest BCUT2D eigenvalue weighted by atomic mass is 31.0. The molecule has 0 aliphatic carbocycles. The summed E-state index contributed by atoms with van der Waals surface area (Å²) in [6.45, 7) is 0. The van der Waals surface area contributed by atoms with Crippen LogP contribution in [-0.2, 0) is 12.3 Å². The van der Waals surface area contributed by atoms with Crippen molar-refractivity contribution >= 4 is 18.5 Å². The van der Waals surface area contributed by atoms with E-state index in [9.17, 15) is 0 Å². The first-order valence-corrected chi connectivity index (χ1v) is 6.79. The lowest BCUT2D eigenvalue weighted by Gasteiger charge is -2.03. The van der Waals surface area contributed by atoms with Gasteiger partial charge in [0.1, 0.15) is 0 Å². The first-order valence-electron chi connectivity index (χ1n) is 5.16. The molecule has 0 N–H and O–H groups in total. The number of aromatic nitrogens is 2. The summed E-state index contributed by atoms with van der Waals surface area (Å²) in [7, 11) is 5.37. The topological polar surface area (TPSA) is 25.8 Å². The van der Waals surface area contributed by atoms with Crippen molar-refractivity contribution in [1.29, 1.82) is 0 Å². The van der Waals surface area contributed by atoms with Crippen molar-refractivity contribution in [2.24, 2.45) is 0 Å². The van der Waals surface area contributed by atoms with Gasteiger partial charge in [-0.3, -0.25) is 9.97 Å². The second-order valence-corrected chi connectivity index (χ2v) is 4.25. The van der Waals surface area contributed by atoms with Crippen LogP contribution in [0.15, 0.2) is 36.4 Å². The third-order valence-corrected chi connectivity index (χ3v) is 3.13. The number of hydrogen-bond acceptors (Lipinski definition) is 2. The molecule has 0 saturated heterocycles. The molecule has 0 bridgehead atoms. The molecule has 16 heavy (non-hydrogen) atoms. The number of rotatable bonds is 3. The Balaban J connectivity index is 2.41. The molecular weight excluding hydrogens is 234 g/mol. The van der Waals surface area contributed by atoms with Crippen molar-refractivity contribution in [3.63, 3.8) is 0 Å². The van der Waals surface area contributed by atoms with E-state index in [4.69, 9.17) is 0 Å².